The molecule has 14 nitrogen and oxygen atoms in total. The quantitative estimate of drug-likeness (QED) is 0.272. The number of rotatable bonds is 12. The molecule has 254 valence electrons. The molecule has 3 heterocycles. The van der Waals surface area contributed by atoms with Crippen LogP contribution in [0.4, 0.5) is 4.79 Å². The number of aromatic nitrogens is 2. The molecule has 1 aliphatic rings. The number of oxazole rings is 1. The molecule has 3 amide bonds. The predicted molar refractivity (Wildman–Crippen MR) is 170 cm³/mol. The Morgan fingerprint density at radius 1 is 0.870 bits per heavy atom. The first kappa shape index (κ1) is 36.5. The van der Waals surface area contributed by atoms with E-state index in [4.69, 9.17) is 18.6 Å². The fourth-order valence-electron chi connectivity index (χ4n) is 4.52. The summed E-state index contributed by atoms with van der Waals surface area (Å²) in [6, 6.07) is -2.57. The van der Waals surface area contributed by atoms with Gasteiger partial charge in [-0.2, -0.15) is 0 Å². The lowest BCUT2D eigenvalue weighted by Gasteiger charge is -2.24. The van der Waals surface area contributed by atoms with Gasteiger partial charge in [0.1, 0.15) is 40.8 Å². The second kappa shape index (κ2) is 15.1. The van der Waals surface area contributed by atoms with Crippen molar-refractivity contribution in [2.45, 2.75) is 105 Å². The van der Waals surface area contributed by atoms with Crippen molar-refractivity contribution in [1.29, 1.82) is 0 Å². The minimum atomic E-state index is -0.808. The van der Waals surface area contributed by atoms with Crippen molar-refractivity contribution in [3.63, 3.8) is 0 Å². The van der Waals surface area contributed by atoms with Crippen LogP contribution in [0.3, 0.4) is 0 Å². The number of hydrogen-bond acceptors (Lipinski definition) is 12. The predicted octanol–water partition coefficient (Wildman–Crippen LogP) is 4.59. The molecule has 0 aromatic carbocycles. The third-order valence-electron chi connectivity index (χ3n) is 7.01. The van der Waals surface area contributed by atoms with E-state index in [1.807, 2.05) is 41.5 Å². The van der Waals surface area contributed by atoms with E-state index in [2.05, 4.69) is 30.9 Å². The second-order valence-electron chi connectivity index (χ2n) is 13.2. The molecule has 46 heavy (non-hydrogen) atoms. The van der Waals surface area contributed by atoms with Crippen LogP contribution in [0.5, 0.6) is 0 Å². The number of methoxy groups -OCH3 is 1. The Balaban J connectivity index is 1.72. The summed E-state index contributed by atoms with van der Waals surface area (Å²) in [6.45, 7) is 18.4. The lowest BCUT2D eigenvalue weighted by atomic mass is 10.0. The fraction of sp³-hybridized carbons (Fsp3) is 0.645. The molecular formula is C31H46N6O8S. The monoisotopic (exact) mass is 662 g/mol. The summed E-state index contributed by atoms with van der Waals surface area (Å²) in [7, 11) is 1.29. The fourth-order valence-corrected chi connectivity index (χ4v) is 5.54. The molecule has 0 saturated carbocycles. The van der Waals surface area contributed by atoms with Gasteiger partial charge in [0.25, 0.3) is 11.8 Å². The van der Waals surface area contributed by atoms with E-state index in [-0.39, 0.29) is 40.9 Å². The highest BCUT2D eigenvalue weighted by Crippen LogP contribution is 2.27. The van der Waals surface area contributed by atoms with Gasteiger partial charge in [-0.05, 0) is 45.4 Å². The van der Waals surface area contributed by atoms with Gasteiger partial charge in [0.15, 0.2) is 11.7 Å². The lowest BCUT2D eigenvalue weighted by molar-refractivity contribution is -0.143. The number of aliphatic imine (C=N–C) groups is 1. The average molecular weight is 663 g/mol. The highest BCUT2D eigenvalue weighted by atomic mass is 32.1. The first-order valence-electron chi connectivity index (χ1n) is 15.3. The van der Waals surface area contributed by atoms with Crippen molar-refractivity contribution in [1.82, 2.24) is 25.9 Å². The van der Waals surface area contributed by atoms with Crippen LogP contribution in [-0.4, -0.2) is 70.6 Å². The Hall–Kier alpha value is -4.01. The van der Waals surface area contributed by atoms with Crippen LogP contribution in [0.2, 0.25) is 0 Å². The van der Waals surface area contributed by atoms with Gasteiger partial charge in [-0.25, -0.2) is 24.5 Å². The zero-order valence-electron chi connectivity index (χ0n) is 28.3. The Morgan fingerprint density at radius 3 is 2.02 bits per heavy atom. The van der Waals surface area contributed by atoms with Crippen LogP contribution in [0.1, 0.15) is 113 Å². The van der Waals surface area contributed by atoms with Crippen LogP contribution in [0.25, 0.3) is 0 Å². The standard InChI is InChI=1S/C31H46N6O8S/c1-14(2)20(37-30(41)45-31(8,9)10)26-32-18(12-43-26)24(38)35-22(16(5)6)28-33-19(13-46-28)25(39)34-21(15(3)4)27-36-23(17(7)44-27)29(40)42-11/h12-17,20-23H,1-11H3,(H,34,39)(H,35,38)(H,37,41)/t17-,20+,21+,22+,23?/m1/s1. The normalized spacial score (nSPS) is 18.4. The minimum absolute atomic E-state index is 0.0309. The molecule has 2 aromatic heterocycles. The van der Waals surface area contributed by atoms with Crippen LogP contribution in [0, 0.1) is 17.8 Å². The Bertz CT molecular complexity index is 1430. The number of ether oxygens (including phenoxy) is 3. The molecule has 3 rings (SSSR count). The average Bonchev–Trinajstić information content (AvgIpc) is 3.71. The number of carbonyl (C=O) groups excluding carboxylic acids is 4. The third kappa shape index (κ3) is 9.27. The van der Waals surface area contributed by atoms with E-state index in [0.717, 1.165) is 0 Å². The van der Waals surface area contributed by atoms with Crippen LogP contribution >= 0.6 is 11.3 Å². The number of nitrogens with zero attached hydrogens (tertiary/aromatic N) is 3. The number of amides is 3. The molecule has 0 radical (unpaired) electrons. The Kier molecular flexibility index (Phi) is 11.9. The summed E-state index contributed by atoms with van der Waals surface area (Å²) < 4.78 is 21.6. The highest BCUT2D eigenvalue weighted by Gasteiger charge is 2.39. The Labute approximate surface area is 273 Å². The van der Waals surface area contributed by atoms with Crippen LogP contribution in [0.15, 0.2) is 21.1 Å². The molecule has 3 N–H and O–H groups in total. The van der Waals surface area contributed by atoms with Crippen molar-refractivity contribution in [3.05, 3.63) is 33.9 Å². The van der Waals surface area contributed by atoms with Gasteiger partial charge in [-0.15, -0.1) is 11.3 Å². The molecule has 2 aromatic rings. The SMILES string of the molecule is COC(=O)C1N=C([C@@H](NC(=O)c2csc([C@@H](NC(=O)c3coc([C@@H](NC(=O)OC(C)(C)C)C(C)C)n3)C(C)C)n2)C(C)C)O[C@@H]1C. The zero-order valence-corrected chi connectivity index (χ0v) is 29.1. The van der Waals surface area contributed by atoms with Crippen molar-refractivity contribution < 1.29 is 37.8 Å². The lowest BCUT2D eigenvalue weighted by Crippen LogP contribution is -2.45. The van der Waals surface area contributed by atoms with Crippen molar-refractivity contribution >= 4 is 41.1 Å². The summed E-state index contributed by atoms with van der Waals surface area (Å²) in [5.41, 5.74) is -0.486. The summed E-state index contributed by atoms with van der Waals surface area (Å²) in [5, 5.41) is 10.8. The van der Waals surface area contributed by atoms with Crippen molar-refractivity contribution in [2.24, 2.45) is 22.7 Å². The van der Waals surface area contributed by atoms with E-state index in [1.165, 1.54) is 24.7 Å². The molecule has 15 heteroatoms. The molecule has 5 atom stereocenters. The van der Waals surface area contributed by atoms with Crippen LogP contribution < -0.4 is 16.0 Å². The first-order valence-corrected chi connectivity index (χ1v) is 16.1. The highest BCUT2D eigenvalue weighted by molar-refractivity contribution is 7.09. The maximum atomic E-state index is 13.3. The van der Waals surface area contributed by atoms with Crippen molar-refractivity contribution in [3.8, 4) is 0 Å². The van der Waals surface area contributed by atoms with Gasteiger partial charge in [0.05, 0.1) is 13.2 Å². The number of carbonyl (C=O) groups is 4. The third-order valence-corrected chi connectivity index (χ3v) is 7.94. The minimum Gasteiger partial charge on any atom is -0.474 e. The van der Waals surface area contributed by atoms with Crippen molar-refractivity contribution in [2.75, 3.05) is 7.11 Å². The largest absolute Gasteiger partial charge is 0.474 e. The smallest absolute Gasteiger partial charge is 0.408 e. The zero-order chi connectivity index (χ0) is 34.5. The summed E-state index contributed by atoms with van der Waals surface area (Å²) >= 11 is 1.24. The van der Waals surface area contributed by atoms with E-state index in [9.17, 15) is 19.2 Å². The van der Waals surface area contributed by atoms with Gasteiger partial charge >= 0.3 is 12.1 Å². The molecule has 1 unspecified atom stereocenters. The number of esters is 1. The molecule has 0 bridgehead atoms. The molecule has 0 fully saturated rings. The molecule has 0 spiro atoms. The molecule has 0 saturated heterocycles. The Morgan fingerprint density at radius 2 is 1.46 bits per heavy atom. The molecular weight excluding hydrogens is 616 g/mol. The maximum absolute atomic E-state index is 13.3. The molecule has 0 aliphatic carbocycles. The first-order chi connectivity index (χ1) is 21.4. The van der Waals surface area contributed by atoms with Gasteiger partial charge in [-0.1, -0.05) is 41.5 Å². The van der Waals surface area contributed by atoms with Gasteiger partial charge < -0.3 is 34.6 Å². The topological polar surface area (TPSA) is 183 Å². The number of nitrogens with one attached hydrogen (secondary N) is 3. The van der Waals surface area contributed by atoms with E-state index >= 15 is 0 Å². The van der Waals surface area contributed by atoms with Gasteiger partial charge in [0.2, 0.25) is 11.8 Å². The van der Waals surface area contributed by atoms with E-state index in [1.54, 1.807) is 33.1 Å². The van der Waals surface area contributed by atoms with Gasteiger partial charge in [-0.3, -0.25) is 9.59 Å². The number of thiazole rings is 1. The van der Waals surface area contributed by atoms with Gasteiger partial charge in [0, 0.05) is 5.38 Å². The summed E-state index contributed by atoms with van der Waals surface area (Å²) in [5.74, 6) is -1.34. The number of hydrogen-bond donors (Lipinski definition) is 3. The number of alkyl carbamates (subject to hydrolysis) is 1. The summed E-state index contributed by atoms with van der Waals surface area (Å²) in [4.78, 5) is 64.3. The molecule has 1 aliphatic heterocycles. The summed E-state index contributed by atoms with van der Waals surface area (Å²) in [6.07, 6.45) is 0.0860. The maximum Gasteiger partial charge on any atom is 0.408 e. The van der Waals surface area contributed by atoms with E-state index < -0.39 is 59.7 Å². The van der Waals surface area contributed by atoms with E-state index in [0.29, 0.717) is 5.01 Å². The van der Waals surface area contributed by atoms with Crippen LogP contribution in [-0.2, 0) is 19.0 Å². The second-order valence-corrected chi connectivity index (χ2v) is 14.0.